The number of halogens is 1. The van der Waals surface area contributed by atoms with E-state index < -0.39 is 15.7 Å². The summed E-state index contributed by atoms with van der Waals surface area (Å²) in [5, 5.41) is 8.54. The molecular weight excluding hydrogens is 257 g/mol. The van der Waals surface area contributed by atoms with Crippen molar-refractivity contribution in [1.29, 1.82) is 5.26 Å². The molecule has 0 aliphatic rings. The highest BCUT2D eigenvalue weighted by molar-refractivity contribution is 7.91. The van der Waals surface area contributed by atoms with Crippen LogP contribution in [0.4, 0.5) is 4.39 Å². The zero-order valence-electron chi connectivity index (χ0n) is 10.0. The SMILES string of the molecule is CCS(=O)(=O)CCCOc1ccc(C#N)c(F)c1. The predicted octanol–water partition coefficient (Wildman–Crippen LogP) is 1.90. The summed E-state index contributed by atoms with van der Waals surface area (Å²) in [7, 11) is -2.99. The molecule has 0 aromatic heterocycles. The van der Waals surface area contributed by atoms with E-state index in [1.807, 2.05) is 0 Å². The van der Waals surface area contributed by atoms with Gasteiger partial charge in [-0.3, -0.25) is 0 Å². The van der Waals surface area contributed by atoms with Crippen molar-refractivity contribution >= 4 is 9.84 Å². The number of sulfone groups is 1. The maximum atomic E-state index is 13.2. The van der Waals surface area contributed by atoms with Crippen LogP contribution in [0.1, 0.15) is 18.9 Å². The number of ether oxygens (including phenoxy) is 1. The third-order valence-electron chi connectivity index (χ3n) is 2.37. The Morgan fingerprint density at radius 3 is 2.72 bits per heavy atom. The van der Waals surface area contributed by atoms with E-state index in [-0.39, 0.29) is 23.7 Å². The summed E-state index contributed by atoms with van der Waals surface area (Å²) in [4.78, 5) is 0. The van der Waals surface area contributed by atoms with Crippen LogP contribution < -0.4 is 4.74 Å². The van der Waals surface area contributed by atoms with Gasteiger partial charge in [0.05, 0.1) is 17.9 Å². The van der Waals surface area contributed by atoms with E-state index in [2.05, 4.69) is 0 Å². The third kappa shape index (κ3) is 4.34. The third-order valence-corrected chi connectivity index (χ3v) is 4.16. The normalized spacial score (nSPS) is 10.9. The smallest absolute Gasteiger partial charge is 0.150 e. The lowest BCUT2D eigenvalue weighted by molar-refractivity contribution is 0.316. The average molecular weight is 271 g/mol. The van der Waals surface area contributed by atoms with E-state index in [0.717, 1.165) is 6.07 Å². The van der Waals surface area contributed by atoms with Gasteiger partial charge in [0, 0.05) is 11.8 Å². The second kappa shape index (κ2) is 6.36. The molecular formula is C12H14FNO3S. The molecule has 6 heteroatoms. The van der Waals surface area contributed by atoms with Gasteiger partial charge in [0.15, 0.2) is 0 Å². The topological polar surface area (TPSA) is 67.2 Å². The van der Waals surface area contributed by atoms with Crippen molar-refractivity contribution in [1.82, 2.24) is 0 Å². The Hall–Kier alpha value is -1.61. The minimum absolute atomic E-state index is 0.0455. The number of hydrogen-bond acceptors (Lipinski definition) is 4. The Labute approximate surface area is 106 Å². The molecule has 0 spiro atoms. The van der Waals surface area contributed by atoms with Crippen molar-refractivity contribution in [2.24, 2.45) is 0 Å². The van der Waals surface area contributed by atoms with Crippen LogP contribution in [-0.4, -0.2) is 26.5 Å². The fourth-order valence-electron chi connectivity index (χ4n) is 1.29. The van der Waals surface area contributed by atoms with Gasteiger partial charge in [0.25, 0.3) is 0 Å². The average Bonchev–Trinajstić information content (AvgIpc) is 2.35. The first kappa shape index (κ1) is 14.5. The molecule has 0 saturated carbocycles. The second-order valence-electron chi connectivity index (χ2n) is 3.69. The molecule has 0 heterocycles. The van der Waals surface area contributed by atoms with Crippen molar-refractivity contribution in [3.8, 4) is 11.8 Å². The van der Waals surface area contributed by atoms with Crippen LogP contribution in [0.3, 0.4) is 0 Å². The molecule has 18 heavy (non-hydrogen) atoms. The molecule has 0 atom stereocenters. The first-order valence-corrected chi connectivity index (χ1v) is 7.33. The summed E-state index contributed by atoms with van der Waals surface area (Å²) in [6.45, 7) is 1.79. The lowest BCUT2D eigenvalue weighted by Gasteiger charge is -2.06. The van der Waals surface area contributed by atoms with Gasteiger partial charge in [0.2, 0.25) is 0 Å². The minimum atomic E-state index is -2.99. The van der Waals surface area contributed by atoms with Crippen molar-refractivity contribution < 1.29 is 17.5 Å². The Morgan fingerprint density at radius 2 is 2.17 bits per heavy atom. The fraction of sp³-hybridized carbons (Fsp3) is 0.417. The molecule has 4 nitrogen and oxygen atoms in total. The molecule has 0 aliphatic carbocycles. The van der Waals surface area contributed by atoms with Crippen molar-refractivity contribution in [3.05, 3.63) is 29.6 Å². The van der Waals surface area contributed by atoms with Gasteiger partial charge in [-0.25, -0.2) is 12.8 Å². The lowest BCUT2D eigenvalue weighted by atomic mass is 10.2. The van der Waals surface area contributed by atoms with Crippen LogP contribution in [-0.2, 0) is 9.84 Å². The Bertz CT molecular complexity index is 549. The Kier molecular flexibility index (Phi) is 5.10. The maximum Gasteiger partial charge on any atom is 0.150 e. The van der Waals surface area contributed by atoms with E-state index in [1.165, 1.54) is 12.1 Å². The van der Waals surface area contributed by atoms with Crippen molar-refractivity contribution in [2.75, 3.05) is 18.1 Å². The number of benzene rings is 1. The Balaban J connectivity index is 2.46. The monoisotopic (exact) mass is 271 g/mol. The molecule has 0 amide bonds. The van der Waals surface area contributed by atoms with E-state index in [9.17, 15) is 12.8 Å². The van der Waals surface area contributed by atoms with Gasteiger partial charge in [-0.15, -0.1) is 0 Å². The minimum Gasteiger partial charge on any atom is -0.493 e. The van der Waals surface area contributed by atoms with Gasteiger partial charge < -0.3 is 4.74 Å². The largest absolute Gasteiger partial charge is 0.493 e. The molecule has 0 aliphatic heterocycles. The maximum absolute atomic E-state index is 13.2. The van der Waals surface area contributed by atoms with Crippen molar-refractivity contribution in [3.63, 3.8) is 0 Å². The highest BCUT2D eigenvalue weighted by Crippen LogP contribution is 2.16. The zero-order chi connectivity index (χ0) is 13.6. The van der Waals surface area contributed by atoms with Crippen LogP contribution in [0.15, 0.2) is 18.2 Å². The molecule has 0 saturated heterocycles. The van der Waals surface area contributed by atoms with E-state index >= 15 is 0 Å². The molecule has 0 unspecified atom stereocenters. The summed E-state index contributed by atoms with van der Waals surface area (Å²) in [6, 6.07) is 5.63. The Morgan fingerprint density at radius 1 is 1.44 bits per heavy atom. The summed E-state index contributed by atoms with van der Waals surface area (Å²) >= 11 is 0. The fourth-order valence-corrected chi connectivity index (χ4v) is 2.14. The number of nitriles is 1. The highest BCUT2D eigenvalue weighted by Gasteiger charge is 2.07. The first-order valence-electron chi connectivity index (χ1n) is 5.51. The summed E-state index contributed by atoms with van der Waals surface area (Å²) < 4.78 is 40.8. The van der Waals surface area contributed by atoms with E-state index in [0.29, 0.717) is 12.2 Å². The van der Waals surface area contributed by atoms with Crippen LogP contribution >= 0.6 is 0 Å². The zero-order valence-corrected chi connectivity index (χ0v) is 10.8. The van der Waals surface area contributed by atoms with Crippen molar-refractivity contribution in [2.45, 2.75) is 13.3 Å². The summed E-state index contributed by atoms with van der Waals surface area (Å²) in [6.07, 6.45) is 0.359. The molecule has 0 radical (unpaired) electrons. The standard InChI is InChI=1S/C12H14FNO3S/c1-2-18(15,16)7-3-6-17-11-5-4-10(9-14)12(13)8-11/h4-5,8H,2-3,6-7H2,1H3. The van der Waals surface area contributed by atoms with Gasteiger partial charge in [-0.2, -0.15) is 5.26 Å². The molecule has 0 bridgehead atoms. The van der Waals surface area contributed by atoms with Crippen LogP contribution in [0.25, 0.3) is 0 Å². The highest BCUT2D eigenvalue weighted by atomic mass is 32.2. The molecule has 0 N–H and O–H groups in total. The summed E-state index contributed by atoms with van der Waals surface area (Å²) in [5.74, 6) is -0.183. The number of rotatable bonds is 6. The van der Waals surface area contributed by atoms with E-state index in [1.54, 1.807) is 13.0 Å². The molecule has 1 aromatic rings. The second-order valence-corrected chi connectivity index (χ2v) is 6.16. The quantitative estimate of drug-likeness (QED) is 0.741. The molecule has 0 fully saturated rings. The molecule has 98 valence electrons. The van der Waals surface area contributed by atoms with Gasteiger partial charge in [-0.05, 0) is 18.6 Å². The lowest BCUT2D eigenvalue weighted by Crippen LogP contribution is -2.11. The van der Waals surface area contributed by atoms with Gasteiger partial charge in [0.1, 0.15) is 27.5 Å². The predicted molar refractivity (Wildman–Crippen MR) is 65.6 cm³/mol. The summed E-state index contributed by atoms with van der Waals surface area (Å²) in [5.41, 5.74) is -0.0455. The molecule has 1 aromatic carbocycles. The molecule has 1 rings (SSSR count). The van der Waals surface area contributed by atoms with Crippen LogP contribution in [0.5, 0.6) is 5.75 Å². The van der Waals surface area contributed by atoms with Crippen LogP contribution in [0, 0.1) is 17.1 Å². The number of nitrogens with zero attached hydrogens (tertiary/aromatic N) is 1. The first-order chi connectivity index (χ1) is 8.48. The van der Waals surface area contributed by atoms with Gasteiger partial charge >= 0.3 is 0 Å². The number of hydrogen-bond donors (Lipinski definition) is 0. The van der Waals surface area contributed by atoms with Crippen LogP contribution in [0.2, 0.25) is 0 Å². The van der Waals surface area contributed by atoms with Gasteiger partial charge in [-0.1, -0.05) is 6.92 Å². The van der Waals surface area contributed by atoms with E-state index in [4.69, 9.17) is 10.00 Å².